The Balaban J connectivity index is 1.37. The Morgan fingerprint density at radius 2 is 1.71 bits per heavy atom. The second-order valence-electron chi connectivity index (χ2n) is 6.93. The van der Waals surface area contributed by atoms with Gasteiger partial charge in [-0.25, -0.2) is 10.2 Å². The van der Waals surface area contributed by atoms with E-state index in [-0.39, 0.29) is 12.4 Å². The lowest BCUT2D eigenvalue weighted by atomic mass is 10.2. The summed E-state index contributed by atoms with van der Waals surface area (Å²) in [6.45, 7) is -0.218. The number of hydrogen-bond acceptors (Lipinski definition) is 7. The Labute approximate surface area is 204 Å². The Morgan fingerprint density at radius 1 is 1.00 bits per heavy atom. The maximum atomic E-state index is 12.8. The van der Waals surface area contributed by atoms with Gasteiger partial charge >= 0.3 is 5.97 Å². The van der Waals surface area contributed by atoms with Gasteiger partial charge in [0.15, 0.2) is 6.61 Å². The summed E-state index contributed by atoms with van der Waals surface area (Å²) in [6.07, 6.45) is 1.39. The summed E-state index contributed by atoms with van der Waals surface area (Å²) in [7, 11) is 1.57. The number of nitrogens with one attached hydrogen (secondary N) is 1. The summed E-state index contributed by atoms with van der Waals surface area (Å²) in [4.78, 5) is 25.1. The quantitative estimate of drug-likeness (QED) is 0.155. The molecule has 3 aromatic carbocycles. The summed E-state index contributed by atoms with van der Waals surface area (Å²) in [5, 5.41) is 5.10. The maximum Gasteiger partial charge on any atom is 0.355 e. The van der Waals surface area contributed by atoms with Crippen molar-refractivity contribution in [1.82, 2.24) is 5.43 Å². The van der Waals surface area contributed by atoms with Gasteiger partial charge in [0, 0.05) is 15.6 Å². The highest BCUT2D eigenvalue weighted by Crippen LogP contribution is 2.36. The molecule has 0 aliphatic rings. The number of ether oxygens (including phenoxy) is 3. The smallest absolute Gasteiger partial charge is 0.355 e. The van der Waals surface area contributed by atoms with Crippen molar-refractivity contribution in [2.45, 2.75) is 0 Å². The number of hydrogen-bond donors (Lipinski definition) is 1. The van der Waals surface area contributed by atoms with E-state index in [2.05, 4.69) is 10.5 Å². The first-order valence-electron chi connectivity index (χ1n) is 10.1. The monoisotopic (exact) mass is 494 g/mol. The molecular weight excluding hydrogens is 476 g/mol. The topological polar surface area (TPSA) is 86.2 Å². The predicted octanol–water partition coefficient (Wildman–Crippen LogP) is 5.31. The van der Waals surface area contributed by atoms with Crippen molar-refractivity contribution in [1.29, 1.82) is 0 Å². The number of esters is 1. The molecule has 0 aliphatic heterocycles. The SMILES string of the molecule is COc1ccc(OCC(=O)N/N=C/c2ccccc2OC(=O)c2sc3ccccc3c2Cl)cc1. The van der Waals surface area contributed by atoms with Crippen molar-refractivity contribution in [2.75, 3.05) is 13.7 Å². The highest BCUT2D eigenvalue weighted by molar-refractivity contribution is 7.21. The van der Waals surface area contributed by atoms with Gasteiger partial charge in [-0.05, 0) is 42.5 Å². The summed E-state index contributed by atoms with van der Waals surface area (Å²) < 4.78 is 17.0. The van der Waals surface area contributed by atoms with E-state index in [0.717, 1.165) is 10.1 Å². The second kappa shape index (κ2) is 10.8. The minimum atomic E-state index is -0.566. The van der Waals surface area contributed by atoms with Gasteiger partial charge in [-0.1, -0.05) is 41.9 Å². The minimum absolute atomic E-state index is 0.218. The molecule has 0 saturated carbocycles. The van der Waals surface area contributed by atoms with Crippen molar-refractivity contribution in [3.05, 3.63) is 88.3 Å². The standard InChI is InChI=1S/C25H19ClN2O5S/c1-31-17-10-12-18(13-11-17)32-15-22(29)28-27-14-16-6-2-4-8-20(16)33-25(30)24-23(26)19-7-3-5-9-21(19)34-24/h2-14H,15H2,1H3,(H,28,29)/b27-14+. The van der Waals surface area contributed by atoms with E-state index >= 15 is 0 Å². The van der Waals surface area contributed by atoms with Crippen LogP contribution in [0.4, 0.5) is 0 Å². The Kier molecular flexibility index (Phi) is 7.41. The van der Waals surface area contributed by atoms with Gasteiger partial charge in [0.05, 0.1) is 18.3 Å². The van der Waals surface area contributed by atoms with Gasteiger partial charge < -0.3 is 14.2 Å². The van der Waals surface area contributed by atoms with Crippen molar-refractivity contribution in [2.24, 2.45) is 5.10 Å². The van der Waals surface area contributed by atoms with Crippen LogP contribution in [0.3, 0.4) is 0 Å². The maximum absolute atomic E-state index is 12.8. The lowest BCUT2D eigenvalue weighted by molar-refractivity contribution is -0.123. The molecule has 0 radical (unpaired) electrons. The van der Waals surface area contributed by atoms with E-state index in [1.807, 2.05) is 24.3 Å². The number of para-hydroxylation sites is 1. The Hall–Kier alpha value is -3.88. The number of benzene rings is 3. The number of halogens is 1. The Bertz CT molecular complexity index is 1350. The number of hydrazone groups is 1. The van der Waals surface area contributed by atoms with Gasteiger partial charge in [0.1, 0.15) is 22.1 Å². The summed E-state index contributed by atoms with van der Waals surface area (Å²) >= 11 is 7.65. The lowest BCUT2D eigenvalue weighted by Crippen LogP contribution is -2.24. The molecule has 0 unspecified atom stereocenters. The van der Waals surface area contributed by atoms with Crippen molar-refractivity contribution in [3.8, 4) is 17.2 Å². The fourth-order valence-electron chi connectivity index (χ4n) is 3.00. The number of amides is 1. The average Bonchev–Trinajstić information content (AvgIpc) is 3.21. The van der Waals surface area contributed by atoms with E-state index < -0.39 is 11.9 Å². The van der Waals surface area contributed by atoms with E-state index in [1.54, 1.807) is 55.6 Å². The lowest BCUT2D eigenvalue weighted by Gasteiger charge is -2.07. The number of carbonyl (C=O) groups excluding carboxylic acids is 2. The molecule has 7 nitrogen and oxygen atoms in total. The second-order valence-corrected chi connectivity index (χ2v) is 8.36. The van der Waals surface area contributed by atoms with Crippen molar-refractivity contribution >= 4 is 51.1 Å². The number of carbonyl (C=O) groups is 2. The highest BCUT2D eigenvalue weighted by atomic mass is 35.5. The number of nitrogens with zero attached hydrogens (tertiary/aromatic N) is 1. The average molecular weight is 495 g/mol. The molecule has 0 fully saturated rings. The molecule has 1 aromatic heterocycles. The van der Waals surface area contributed by atoms with E-state index in [4.69, 9.17) is 25.8 Å². The van der Waals surface area contributed by atoms with Gasteiger partial charge in [0.2, 0.25) is 0 Å². The fraction of sp³-hybridized carbons (Fsp3) is 0.0800. The largest absolute Gasteiger partial charge is 0.497 e. The molecular formula is C25H19ClN2O5S. The molecule has 9 heteroatoms. The zero-order valence-corrected chi connectivity index (χ0v) is 19.6. The number of rotatable bonds is 8. The molecule has 4 rings (SSSR count). The van der Waals surface area contributed by atoms with E-state index in [9.17, 15) is 9.59 Å². The van der Waals surface area contributed by atoms with Gasteiger partial charge in [-0.3, -0.25) is 4.79 Å². The van der Waals surface area contributed by atoms with Gasteiger partial charge in [0.25, 0.3) is 5.91 Å². The number of methoxy groups -OCH3 is 1. The molecule has 34 heavy (non-hydrogen) atoms. The molecule has 1 heterocycles. The van der Waals surface area contributed by atoms with Crippen LogP contribution >= 0.6 is 22.9 Å². The first-order chi connectivity index (χ1) is 16.5. The Morgan fingerprint density at radius 3 is 2.47 bits per heavy atom. The first-order valence-corrected chi connectivity index (χ1v) is 11.3. The summed E-state index contributed by atoms with van der Waals surface area (Å²) in [6, 6.07) is 21.2. The zero-order chi connectivity index (χ0) is 23.9. The summed E-state index contributed by atoms with van der Waals surface area (Å²) in [5.41, 5.74) is 2.89. The van der Waals surface area contributed by atoms with Crippen LogP contribution in [-0.4, -0.2) is 31.8 Å². The van der Waals surface area contributed by atoms with Crippen molar-refractivity contribution < 1.29 is 23.8 Å². The minimum Gasteiger partial charge on any atom is -0.497 e. The molecule has 4 aromatic rings. The molecule has 0 spiro atoms. The molecule has 0 atom stereocenters. The van der Waals surface area contributed by atoms with Crippen LogP contribution in [0.25, 0.3) is 10.1 Å². The molecule has 0 bridgehead atoms. The molecule has 0 saturated heterocycles. The highest BCUT2D eigenvalue weighted by Gasteiger charge is 2.19. The number of thiophene rings is 1. The predicted molar refractivity (Wildman–Crippen MR) is 132 cm³/mol. The third-order valence-corrected chi connectivity index (χ3v) is 6.32. The van der Waals surface area contributed by atoms with Crippen molar-refractivity contribution in [3.63, 3.8) is 0 Å². The molecule has 1 amide bonds. The molecule has 0 aliphatic carbocycles. The van der Waals surface area contributed by atoms with Crippen LogP contribution in [0.5, 0.6) is 17.2 Å². The molecule has 172 valence electrons. The number of fused-ring (bicyclic) bond motifs is 1. The summed E-state index contributed by atoms with van der Waals surface area (Å²) in [5.74, 6) is 0.489. The van der Waals surface area contributed by atoms with Crippen LogP contribution < -0.4 is 19.6 Å². The van der Waals surface area contributed by atoms with Gasteiger partial charge in [-0.2, -0.15) is 5.10 Å². The first kappa shape index (κ1) is 23.3. The third-order valence-electron chi connectivity index (χ3n) is 4.66. The van der Waals surface area contributed by atoms with Crippen LogP contribution in [0.2, 0.25) is 5.02 Å². The third kappa shape index (κ3) is 5.54. The van der Waals surface area contributed by atoms with E-state index in [1.165, 1.54) is 17.6 Å². The zero-order valence-electron chi connectivity index (χ0n) is 18.0. The molecule has 1 N–H and O–H groups in total. The van der Waals surface area contributed by atoms with Crippen LogP contribution in [0.1, 0.15) is 15.2 Å². The van der Waals surface area contributed by atoms with Gasteiger partial charge in [-0.15, -0.1) is 11.3 Å². The van der Waals surface area contributed by atoms with Crippen LogP contribution in [0, 0.1) is 0 Å². The van der Waals surface area contributed by atoms with Crippen LogP contribution in [0.15, 0.2) is 77.9 Å². The fourth-order valence-corrected chi connectivity index (χ4v) is 4.38. The van der Waals surface area contributed by atoms with E-state index in [0.29, 0.717) is 27.0 Å². The van der Waals surface area contributed by atoms with Crippen LogP contribution in [-0.2, 0) is 4.79 Å². The normalized spacial score (nSPS) is 10.9.